The lowest BCUT2D eigenvalue weighted by Crippen LogP contribution is -2.17. The Morgan fingerprint density at radius 1 is 1.00 bits per heavy atom. The van der Waals surface area contributed by atoms with Crippen LogP contribution in [0.3, 0.4) is 0 Å². The molecule has 0 aliphatic carbocycles. The standard InChI is InChI=1S/C22H22FN7O3S.C4H10O/c1-3-7-34(31,32)30-16-6-4-5-14(18(16)23)12-8-15-19(17(9-12)33-2)28-21(29-20(15)24)13-10-26-22(25)27-11-13;1-3-5-4-2/h4-6,8-11,30H,3,7H2,1-2H3,(H2,24,28,29)(H2,25,26,27);3-4H2,1-2H3. The molecule has 0 aliphatic heterocycles. The first-order chi connectivity index (χ1) is 18.6. The molecule has 0 bridgehead atoms. The third-order valence-electron chi connectivity index (χ3n) is 5.40. The molecule has 13 heteroatoms. The second kappa shape index (κ2) is 13.1. The van der Waals surface area contributed by atoms with Crippen LogP contribution in [-0.4, -0.2) is 54.4 Å². The maximum atomic E-state index is 15.3. The average Bonchev–Trinajstić information content (AvgIpc) is 2.90. The molecule has 0 unspecified atom stereocenters. The molecule has 0 radical (unpaired) electrons. The molecule has 2 aromatic carbocycles. The highest BCUT2D eigenvalue weighted by Gasteiger charge is 2.19. The molecule has 0 saturated carbocycles. The van der Waals surface area contributed by atoms with Crippen LogP contribution < -0.4 is 20.9 Å². The van der Waals surface area contributed by atoms with Crippen LogP contribution in [0.5, 0.6) is 5.75 Å². The summed E-state index contributed by atoms with van der Waals surface area (Å²) in [5.74, 6) is 0.0115. The van der Waals surface area contributed by atoms with Crippen molar-refractivity contribution in [3.05, 3.63) is 48.5 Å². The summed E-state index contributed by atoms with van der Waals surface area (Å²) < 4.78 is 52.3. The monoisotopic (exact) mass is 557 g/mol. The molecule has 5 N–H and O–H groups in total. The molecule has 39 heavy (non-hydrogen) atoms. The van der Waals surface area contributed by atoms with Crippen LogP contribution in [0.4, 0.5) is 21.8 Å². The number of ether oxygens (including phenoxy) is 2. The Balaban J connectivity index is 0.000000771. The fourth-order valence-corrected chi connectivity index (χ4v) is 4.77. The second-order valence-electron chi connectivity index (χ2n) is 8.21. The number of hydrogen-bond acceptors (Lipinski definition) is 10. The highest BCUT2D eigenvalue weighted by molar-refractivity contribution is 7.92. The van der Waals surface area contributed by atoms with Crippen LogP contribution in [0.15, 0.2) is 42.7 Å². The van der Waals surface area contributed by atoms with Crippen molar-refractivity contribution in [2.45, 2.75) is 27.2 Å². The van der Waals surface area contributed by atoms with Gasteiger partial charge in [-0.3, -0.25) is 4.72 Å². The van der Waals surface area contributed by atoms with Crippen molar-refractivity contribution < 1.29 is 22.3 Å². The summed E-state index contributed by atoms with van der Waals surface area (Å²) in [6.07, 6.45) is 3.36. The van der Waals surface area contributed by atoms with E-state index in [0.29, 0.717) is 34.2 Å². The van der Waals surface area contributed by atoms with E-state index in [2.05, 4.69) is 24.7 Å². The van der Waals surface area contributed by atoms with Crippen molar-refractivity contribution in [2.75, 3.05) is 42.3 Å². The number of nitrogens with two attached hydrogens (primary N) is 2. The third-order valence-corrected chi connectivity index (χ3v) is 6.88. The fourth-order valence-electron chi connectivity index (χ4n) is 3.64. The zero-order valence-corrected chi connectivity index (χ0v) is 23.0. The van der Waals surface area contributed by atoms with E-state index in [1.165, 1.54) is 31.6 Å². The first kappa shape index (κ1) is 29.5. The maximum Gasteiger partial charge on any atom is 0.232 e. The Morgan fingerprint density at radius 3 is 2.28 bits per heavy atom. The summed E-state index contributed by atoms with van der Waals surface area (Å²) in [5.41, 5.74) is 13.1. The van der Waals surface area contributed by atoms with Crippen molar-refractivity contribution in [1.29, 1.82) is 0 Å². The Bertz CT molecular complexity index is 1530. The van der Waals surface area contributed by atoms with E-state index >= 15 is 4.39 Å². The summed E-state index contributed by atoms with van der Waals surface area (Å²) in [5, 5.41) is 0.436. The minimum atomic E-state index is -3.67. The van der Waals surface area contributed by atoms with E-state index in [1.807, 2.05) is 13.8 Å². The first-order valence-corrected chi connectivity index (χ1v) is 13.9. The third kappa shape index (κ3) is 7.27. The number of sulfonamides is 1. The van der Waals surface area contributed by atoms with Crippen molar-refractivity contribution in [3.63, 3.8) is 0 Å². The molecule has 208 valence electrons. The van der Waals surface area contributed by atoms with E-state index in [4.69, 9.17) is 20.9 Å². The maximum absolute atomic E-state index is 15.3. The van der Waals surface area contributed by atoms with E-state index in [-0.39, 0.29) is 34.6 Å². The van der Waals surface area contributed by atoms with Crippen LogP contribution in [0.1, 0.15) is 27.2 Å². The van der Waals surface area contributed by atoms with Gasteiger partial charge in [-0.15, -0.1) is 0 Å². The Labute approximate surface area is 226 Å². The van der Waals surface area contributed by atoms with Crippen molar-refractivity contribution in [1.82, 2.24) is 19.9 Å². The van der Waals surface area contributed by atoms with Gasteiger partial charge in [0, 0.05) is 36.6 Å². The van der Waals surface area contributed by atoms with Gasteiger partial charge in [0.1, 0.15) is 17.1 Å². The van der Waals surface area contributed by atoms with Gasteiger partial charge in [0.15, 0.2) is 11.6 Å². The number of methoxy groups -OCH3 is 1. The predicted octanol–water partition coefficient (Wildman–Crippen LogP) is 4.26. The molecule has 0 saturated heterocycles. The van der Waals surface area contributed by atoms with Crippen molar-refractivity contribution >= 4 is 38.4 Å². The summed E-state index contributed by atoms with van der Waals surface area (Å²) in [6.45, 7) is 7.39. The quantitative estimate of drug-likeness (QED) is 0.270. The highest BCUT2D eigenvalue weighted by atomic mass is 32.2. The number of nitrogen functional groups attached to an aromatic ring is 2. The first-order valence-electron chi connectivity index (χ1n) is 12.2. The molecule has 0 aliphatic rings. The average molecular weight is 558 g/mol. The van der Waals surface area contributed by atoms with Crippen LogP contribution >= 0.6 is 0 Å². The molecule has 0 atom stereocenters. The Kier molecular flexibility index (Phi) is 9.90. The van der Waals surface area contributed by atoms with Crippen LogP contribution in [-0.2, 0) is 14.8 Å². The number of benzene rings is 2. The van der Waals surface area contributed by atoms with Crippen LogP contribution in [0.25, 0.3) is 33.4 Å². The summed E-state index contributed by atoms with van der Waals surface area (Å²) in [4.78, 5) is 16.7. The summed E-state index contributed by atoms with van der Waals surface area (Å²) in [7, 11) is -2.21. The van der Waals surface area contributed by atoms with Gasteiger partial charge in [-0.25, -0.2) is 32.7 Å². The van der Waals surface area contributed by atoms with Gasteiger partial charge in [-0.05, 0) is 44.0 Å². The van der Waals surface area contributed by atoms with Crippen LogP contribution in [0.2, 0.25) is 0 Å². The smallest absolute Gasteiger partial charge is 0.232 e. The van der Waals surface area contributed by atoms with Crippen LogP contribution in [0, 0.1) is 5.82 Å². The van der Waals surface area contributed by atoms with Gasteiger partial charge in [0.25, 0.3) is 0 Å². The van der Waals surface area contributed by atoms with E-state index in [0.717, 1.165) is 13.2 Å². The summed E-state index contributed by atoms with van der Waals surface area (Å²) in [6, 6.07) is 7.68. The largest absolute Gasteiger partial charge is 0.494 e. The normalized spacial score (nSPS) is 11.1. The number of rotatable bonds is 9. The molecule has 0 spiro atoms. The zero-order chi connectivity index (χ0) is 28.6. The van der Waals surface area contributed by atoms with E-state index in [9.17, 15) is 8.42 Å². The molecule has 4 rings (SSSR count). The molecular weight excluding hydrogens is 525 g/mol. The summed E-state index contributed by atoms with van der Waals surface area (Å²) >= 11 is 0. The number of anilines is 3. The van der Waals surface area contributed by atoms with Gasteiger partial charge in [0.2, 0.25) is 16.0 Å². The van der Waals surface area contributed by atoms with Gasteiger partial charge in [-0.1, -0.05) is 19.1 Å². The van der Waals surface area contributed by atoms with Gasteiger partial charge >= 0.3 is 0 Å². The van der Waals surface area contributed by atoms with E-state index < -0.39 is 15.8 Å². The molecule has 2 aromatic heterocycles. The molecule has 0 amide bonds. The minimum Gasteiger partial charge on any atom is -0.494 e. The highest BCUT2D eigenvalue weighted by Crippen LogP contribution is 2.37. The number of aromatic nitrogens is 4. The van der Waals surface area contributed by atoms with Crippen molar-refractivity contribution in [3.8, 4) is 28.3 Å². The number of halogens is 1. The van der Waals surface area contributed by atoms with Gasteiger partial charge < -0.3 is 20.9 Å². The topological polar surface area (TPSA) is 168 Å². The molecule has 0 fully saturated rings. The molecular formula is C26H32FN7O4S. The number of hydrogen-bond donors (Lipinski definition) is 3. The van der Waals surface area contributed by atoms with Gasteiger partial charge in [0.05, 0.1) is 24.1 Å². The SMILES string of the molecule is CCCS(=O)(=O)Nc1cccc(-c2cc(OC)c3nc(-c4cnc(N)nc4)nc(N)c3c2)c1F.CCOCC. The Hall–Kier alpha value is -4.10. The zero-order valence-electron chi connectivity index (χ0n) is 22.2. The number of nitrogens with one attached hydrogen (secondary N) is 1. The second-order valence-corrected chi connectivity index (χ2v) is 10.0. The number of nitrogens with zero attached hydrogens (tertiary/aromatic N) is 4. The molecule has 4 aromatic rings. The predicted molar refractivity (Wildman–Crippen MR) is 151 cm³/mol. The van der Waals surface area contributed by atoms with Gasteiger partial charge in [-0.2, -0.15) is 0 Å². The molecule has 2 heterocycles. The van der Waals surface area contributed by atoms with Crippen molar-refractivity contribution in [2.24, 2.45) is 0 Å². The lowest BCUT2D eigenvalue weighted by atomic mass is 10.0. The Morgan fingerprint density at radius 2 is 1.69 bits per heavy atom. The lowest BCUT2D eigenvalue weighted by Gasteiger charge is -2.14. The van der Waals surface area contributed by atoms with E-state index in [1.54, 1.807) is 25.1 Å². The lowest BCUT2D eigenvalue weighted by molar-refractivity contribution is 0.162. The molecule has 11 nitrogen and oxygen atoms in total. The number of fused-ring (bicyclic) bond motifs is 1. The minimum absolute atomic E-state index is 0.112. The fraction of sp³-hybridized carbons (Fsp3) is 0.308.